The Hall–Kier alpha value is -1.45. The highest BCUT2D eigenvalue weighted by molar-refractivity contribution is 6.30. The molecule has 0 aliphatic heterocycles. The van der Waals surface area contributed by atoms with Crippen molar-refractivity contribution in [2.24, 2.45) is 0 Å². The standard InChI is InChI=1S/C12H11ClN2O/c13-10-3-1-9(2-4-10)11-5-7-14-12(15-11)6-8-16/h1-5,7,16H,6,8H2. The molecule has 0 aliphatic rings. The van der Waals surface area contributed by atoms with Gasteiger partial charge in [0, 0.05) is 23.2 Å². The molecule has 4 heteroatoms. The molecule has 2 rings (SSSR count). The fourth-order valence-electron chi connectivity index (χ4n) is 1.40. The summed E-state index contributed by atoms with van der Waals surface area (Å²) in [5.74, 6) is 0.648. The molecule has 0 aliphatic carbocycles. The Morgan fingerprint density at radius 3 is 2.56 bits per heavy atom. The summed E-state index contributed by atoms with van der Waals surface area (Å²) in [5.41, 5.74) is 1.83. The highest BCUT2D eigenvalue weighted by atomic mass is 35.5. The van der Waals surface area contributed by atoms with Crippen molar-refractivity contribution in [3.8, 4) is 11.3 Å². The third kappa shape index (κ3) is 2.56. The molecule has 0 fully saturated rings. The molecule has 0 bridgehead atoms. The molecule has 0 unspecified atom stereocenters. The molecule has 0 radical (unpaired) electrons. The van der Waals surface area contributed by atoms with Gasteiger partial charge in [-0.05, 0) is 18.2 Å². The van der Waals surface area contributed by atoms with E-state index < -0.39 is 0 Å². The van der Waals surface area contributed by atoms with Crippen LogP contribution in [-0.2, 0) is 6.42 Å². The summed E-state index contributed by atoms with van der Waals surface area (Å²) in [7, 11) is 0. The van der Waals surface area contributed by atoms with Crippen molar-refractivity contribution >= 4 is 11.6 Å². The van der Waals surface area contributed by atoms with Crippen LogP contribution < -0.4 is 0 Å². The van der Waals surface area contributed by atoms with Gasteiger partial charge in [0.05, 0.1) is 12.3 Å². The molecule has 3 nitrogen and oxygen atoms in total. The average molecular weight is 235 g/mol. The first-order chi connectivity index (χ1) is 7.79. The highest BCUT2D eigenvalue weighted by Gasteiger charge is 2.01. The lowest BCUT2D eigenvalue weighted by atomic mass is 10.1. The summed E-state index contributed by atoms with van der Waals surface area (Å²) < 4.78 is 0. The zero-order valence-electron chi connectivity index (χ0n) is 8.60. The topological polar surface area (TPSA) is 46.0 Å². The van der Waals surface area contributed by atoms with Gasteiger partial charge in [0.1, 0.15) is 5.82 Å². The van der Waals surface area contributed by atoms with Crippen LogP contribution in [0.4, 0.5) is 0 Å². The normalized spacial score (nSPS) is 10.4. The van der Waals surface area contributed by atoms with Gasteiger partial charge in [-0.2, -0.15) is 0 Å². The van der Waals surface area contributed by atoms with E-state index in [1.54, 1.807) is 6.20 Å². The zero-order chi connectivity index (χ0) is 11.4. The lowest BCUT2D eigenvalue weighted by Gasteiger charge is -2.02. The zero-order valence-corrected chi connectivity index (χ0v) is 9.35. The maximum Gasteiger partial charge on any atom is 0.131 e. The van der Waals surface area contributed by atoms with Crippen LogP contribution >= 0.6 is 11.6 Å². The largest absolute Gasteiger partial charge is 0.396 e. The van der Waals surface area contributed by atoms with Crippen LogP contribution in [0.1, 0.15) is 5.82 Å². The van der Waals surface area contributed by atoms with E-state index in [9.17, 15) is 0 Å². The minimum absolute atomic E-state index is 0.0596. The Kier molecular flexibility index (Phi) is 3.49. The summed E-state index contributed by atoms with van der Waals surface area (Å²) in [6, 6.07) is 9.31. The maximum absolute atomic E-state index is 8.82. The van der Waals surface area contributed by atoms with Gasteiger partial charge >= 0.3 is 0 Å². The summed E-state index contributed by atoms with van der Waals surface area (Å²) in [6.07, 6.45) is 2.17. The number of benzene rings is 1. The number of nitrogens with zero attached hydrogens (tertiary/aromatic N) is 2. The van der Waals surface area contributed by atoms with E-state index in [0.29, 0.717) is 17.3 Å². The Morgan fingerprint density at radius 1 is 1.12 bits per heavy atom. The van der Waals surface area contributed by atoms with Crippen LogP contribution in [0.5, 0.6) is 0 Å². The van der Waals surface area contributed by atoms with E-state index in [-0.39, 0.29) is 6.61 Å². The van der Waals surface area contributed by atoms with Crippen molar-refractivity contribution in [1.29, 1.82) is 0 Å². The molecule has 1 heterocycles. The summed E-state index contributed by atoms with van der Waals surface area (Å²) in [5, 5.41) is 9.52. The van der Waals surface area contributed by atoms with Gasteiger partial charge in [0.15, 0.2) is 0 Å². The van der Waals surface area contributed by atoms with Crippen LogP contribution in [0, 0.1) is 0 Å². The second kappa shape index (κ2) is 5.05. The number of aliphatic hydroxyl groups excluding tert-OH is 1. The van der Waals surface area contributed by atoms with Gasteiger partial charge in [-0.1, -0.05) is 23.7 Å². The summed E-state index contributed by atoms with van der Waals surface area (Å²) in [4.78, 5) is 8.42. The highest BCUT2D eigenvalue weighted by Crippen LogP contribution is 2.19. The second-order valence-corrected chi connectivity index (χ2v) is 3.78. The van der Waals surface area contributed by atoms with Crippen molar-refractivity contribution in [1.82, 2.24) is 9.97 Å². The molecule has 16 heavy (non-hydrogen) atoms. The third-order valence-electron chi connectivity index (χ3n) is 2.18. The Morgan fingerprint density at radius 2 is 1.88 bits per heavy atom. The van der Waals surface area contributed by atoms with Crippen molar-refractivity contribution < 1.29 is 5.11 Å². The quantitative estimate of drug-likeness (QED) is 0.887. The lowest BCUT2D eigenvalue weighted by molar-refractivity contribution is 0.296. The number of halogens is 1. The van der Waals surface area contributed by atoms with E-state index >= 15 is 0 Å². The van der Waals surface area contributed by atoms with E-state index in [4.69, 9.17) is 16.7 Å². The number of aromatic nitrogens is 2. The Balaban J connectivity index is 2.32. The van der Waals surface area contributed by atoms with Crippen molar-refractivity contribution in [3.63, 3.8) is 0 Å². The van der Waals surface area contributed by atoms with Crippen molar-refractivity contribution in [2.45, 2.75) is 6.42 Å². The maximum atomic E-state index is 8.82. The molecule has 82 valence electrons. The fourth-order valence-corrected chi connectivity index (χ4v) is 1.53. The van der Waals surface area contributed by atoms with E-state index in [0.717, 1.165) is 11.3 Å². The monoisotopic (exact) mass is 234 g/mol. The fraction of sp³-hybridized carbons (Fsp3) is 0.167. The van der Waals surface area contributed by atoms with Crippen LogP contribution in [0.25, 0.3) is 11.3 Å². The molecule has 0 amide bonds. The van der Waals surface area contributed by atoms with Crippen molar-refractivity contribution in [2.75, 3.05) is 6.61 Å². The van der Waals surface area contributed by atoms with Crippen LogP contribution in [0.3, 0.4) is 0 Å². The minimum Gasteiger partial charge on any atom is -0.396 e. The van der Waals surface area contributed by atoms with E-state index in [1.165, 1.54) is 0 Å². The van der Waals surface area contributed by atoms with Gasteiger partial charge in [-0.15, -0.1) is 0 Å². The summed E-state index contributed by atoms with van der Waals surface area (Å²) in [6.45, 7) is 0.0596. The SMILES string of the molecule is OCCc1nccc(-c2ccc(Cl)cc2)n1. The Labute approximate surface area is 98.8 Å². The smallest absolute Gasteiger partial charge is 0.131 e. The molecule has 0 atom stereocenters. The number of rotatable bonds is 3. The molecule has 0 saturated heterocycles. The molecular formula is C12H11ClN2O. The first kappa shape index (κ1) is 11.0. The first-order valence-corrected chi connectivity index (χ1v) is 5.36. The molecule has 1 aromatic heterocycles. The molecule has 1 aromatic carbocycles. The minimum atomic E-state index is 0.0596. The third-order valence-corrected chi connectivity index (χ3v) is 2.43. The van der Waals surface area contributed by atoms with Gasteiger partial charge in [-0.3, -0.25) is 0 Å². The molecular weight excluding hydrogens is 224 g/mol. The van der Waals surface area contributed by atoms with Crippen LogP contribution in [-0.4, -0.2) is 21.7 Å². The number of hydrogen-bond acceptors (Lipinski definition) is 3. The van der Waals surface area contributed by atoms with Gasteiger partial charge in [0.2, 0.25) is 0 Å². The molecule has 0 spiro atoms. The number of aliphatic hydroxyl groups is 1. The van der Waals surface area contributed by atoms with E-state index in [2.05, 4.69) is 9.97 Å². The lowest BCUT2D eigenvalue weighted by Crippen LogP contribution is -1.99. The van der Waals surface area contributed by atoms with Gasteiger partial charge in [-0.25, -0.2) is 9.97 Å². The second-order valence-electron chi connectivity index (χ2n) is 3.34. The van der Waals surface area contributed by atoms with Crippen molar-refractivity contribution in [3.05, 3.63) is 47.4 Å². The van der Waals surface area contributed by atoms with Gasteiger partial charge in [0.25, 0.3) is 0 Å². The molecule has 1 N–H and O–H groups in total. The first-order valence-electron chi connectivity index (χ1n) is 4.98. The molecule has 0 saturated carbocycles. The van der Waals surface area contributed by atoms with E-state index in [1.807, 2.05) is 30.3 Å². The average Bonchev–Trinajstić information content (AvgIpc) is 2.31. The predicted molar refractivity (Wildman–Crippen MR) is 63.3 cm³/mol. The van der Waals surface area contributed by atoms with Gasteiger partial charge < -0.3 is 5.11 Å². The Bertz CT molecular complexity index is 471. The molecule has 2 aromatic rings. The van der Waals surface area contributed by atoms with Crippen LogP contribution in [0.15, 0.2) is 36.5 Å². The number of hydrogen-bond donors (Lipinski definition) is 1. The van der Waals surface area contributed by atoms with Crippen LogP contribution in [0.2, 0.25) is 5.02 Å². The predicted octanol–water partition coefficient (Wildman–Crippen LogP) is 2.33. The summed E-state index contributed by atoms with van der Waals surface area (Å²) >= 11 is 5.81.